The molecule has 0 saturated carbocycles. The van der Waals surface area contributed by atoms with Gasteiger partial charge < -0.3 is 0 Å². The molecule has 21 heavy (non-hydrogen) atoms. The van der Waals surface area contributed by atoms with Crippen molar-refractivity contribution in [1.29, 1.82) is 0 Å². The van der Waals surface area contributed by atoms with E-state index in [-0.39, 0.29) is 12.2 Å². The van der Waals surface area contributed by atoms with E-state index in [4.69, 9.17) is 11.6 Å². The van der Waals surface area contributed by atoms with Crippen molar-refractivity contribution in [3.05, 3.63) is 69.7 Å². The Morgan fingerprint density at radius 3 is 2.48 bits per heavy atom. The monoisotopic (exact) mass is 312 g/mol. The van der Waals surface area contributed by atoms with Gasteiger partial charge in [-0.25, -0.2) is 0 Å². The normalized spacial score (nSPS) is 11.5. The Bertz CT molecular complexity index is 677. The highest BCUT2D eigenvalue weighted by molar-refractivity contribution is 6.31. The van der Waals surface area contributed by atoms with Crippen LogP contribution in [-0.4, -0.2) is 5.78 Å². The minimum Gasteiger partial charge on any atom is -0.294 e. The number of Topliss-reactive ketones (excluding diaryl/α,β-unsaturated/α-hetero) is 1. The molecular formula is C16H12ClF3O. The van der Waals surface area contributed by atoms with Gasteiger partial charge in [0.2, 0.25) is 0 Å². The second-order valence-corrected chi connectivity index (χ2v) is 5.17. The van der Waals surface area contributed by atoms with E-state index in [2.05, 4.69) is 0 Å². The van der Waals surface area contributed by atoms with E-state index in [1.54, 1.807) is 25.1 Å². The van der Waals surface area contributed by atoms with Crippen molar-refractivity contribution in [3.8, 4) is 0 Å². The van der Waals surface area contributed by atoms with E-state index >= 15 is 0 Å². The van der Waals surface area contributed by atoms with Crippen LogP contribution < -0.4 is 0 Å². The zero-order valence-electron chi connectivity index (χ0n) is 11.2. The summed E-state index contributed by atoms with van der Waals surface area (Å²) in [7, 11) is 0. The average Bonchev–Trinajstić information content (AvgIpc) is 2.41. The molecule has 0 radical (unpaired) electrons. The van der Waals surface area contributed by atoms with Gasteiger partial charge in [-0.05, 0) is 42.3 Å². The minimum atomic E-state index is -4.41. The van der Waals surface area contributed by atoms with Gasteiger partial charge in [0.1, 0.15) is 0 Å². The zero-order valence-corrected chi connectivity index (χ0v) is 11.9. The number of alkyl halides is 3. The maximum atomic E-state index is 12.6. The maximum Gasteiger partial charge on any atom is 0.416 e. The highest BCUT2D eigenvalue weighted by atomic mass is 35.5. The smallest absolute Gasteiger partial charge is 0.294 e. The van der Waals surface area contributed by atoms with Gasteiger partial charge in [0.25, 0.3) is 0 Å². The van der Waals surface area contributed by atoms with Crippen LogP contribution in [0.5, 0.6) is 0 Å². The highest BCUT2D eigenvalue weighted by Gasteiger charge is 2.30. The van der Waals surface area contributed by atoms with Gasteiger partial charge in [-0.1, -0.05) is 29.8 Å². The van der Waals surface area contributed by atoms with Crippen LogP contribution in [0.4, 0.5) is 13.2 Å². The first-order valence-corrected chi connectivity index (χ1v) is 6.60. The van der Waals surface area contributed by atoms with Crippen LogP contribution in [0.15, 0.2) is 42.5 Å². The molecule has 0 aromatic heterocycles. The molecule has 0 N–H and O–H groups in total. The summed E-state index contributed by atoms with van der Waals surface area (Å²) < 4.78 is 37.9. The number of rotatable bonds is 3. The van der Waals surface area contributed by atoms with Crippen LogP contribution in [0.1, 0.15) is 27.0 Å². The number of hydrogen-bond donors (Lipinski definition) is 0. The first-order chi connectivity index (χ1) is 9.77. The third-order valence-corrected chi connectivity index (χ3v) is 3.52. The molecule has 2 aromatic rings. The van der Waals surface area contributed by atoms with Gasteiger partial charge in [0.15, 0.2) is 5.78 Å². The van der Waals surface area contributed by atoms with Crippen LogP contribution in [0, 0.1) is 6.92 Å². The van der Waals surface area contributed by atoms with Gasteiger partial charge >= 0.3 is 6.18 Å². The van der Waals surface area contributed by atoms with Crippen molar-refractivity contribution in [3.63, 3.8) is 0 Å². The summed E-state index contributed by atoms with van der Waals surface area (Å²) >= 11 is 5.88. The van der Waals surface area contributed by atoms with Crippen molar-refractivity contribution >= 4 is 17.4 Å². The first kappa shape index (κ1) is 15.6. The quantitative estimate of drug-likeness (QED) is 0.721. The van der Waals surface area contributed by atoms with E-state index in [0.717, 1.165) is 17.7 Å². The topological polar surface area (TPSA) is 17.1 Å². The van der Waals surface area contributed by atoms with Crippen LogP contribution in [0.3, 0.4) is 0 Å². The average molecular weight is 313 g/mol. The number of halogens is 4. The van der Waals surface area contributed by atoms with Gasteiger partial charge in [0, 0.05) is 17.0 Å². The fourth-order valence-corrected chi connectivity index (χ4v) is 2.08. The lowest BCUT2D eigenvalue weighted by Gasteiger charge is -2.09. The lowest BCUT2D eigenvalue weighted by atomic mass is 10.00. The molecular weight excluding hydrogens is 301 g/mol. The van der Waals surface area contributed by atoms with E-state index in [1.807, 2.05) is 0 Å². The van der Waals surface area contributed by atoms with Crippen molar-refractivity contribution in [2.45, 2.75) is 19.5 Å². The Balaban J connectivity index is 2.21. The Morgan fingerprint density at radius 1 is 1.14 bits per heavy atom. The summed E-state index contributed by atoms with van der Waals surface area (Å²) in [5.74, 6) is -0.242. The summed E-state index contributed by atoms with van der Waals surface area (Å²) in [6, 6.07) is 9.62. The molecule has 0 aliphatic heterocycles. The molecule has 1 nitrogen and oxygen atoms in total. The molecule has 0 atom stereocenters. The zero-order chi connectivity index (χ0) is 15.6. The molecule has 110 valence electrons. The third kappa shape index (κ3) is 3.85. The van der Waals surface area contributed by atoms with E-state index in [9.17, 15) is 18.0 Å². The molecule has 0 saturated heterocycles. The van der Waals surface area contributed by atoms with Crippen molar-refractivity contribution in [2.24, 2.45) is 0 Å². The molecule has 0 heterocycles. The molecule has 0 spiro atoms. The maximum absolute atomic E-state index is 12.6. The van der Waals surface area contributed by atoms with Crippen LogP contribution in [-0.2, 0) is 12.6 Å². The minimum absolute atomic E-state index is 0.0784. The Morgan fingerprint density at radius 2 is 1.86 bits per heavy atom. The Labute approximate surface area is 125 Å². The second kappa shape index (κ2) is 5.90. The summed E-state index contributed by atoms with van der Waals surface area (Å²) in [6.45, 7) is 1.77. The summed E-state index contributed by atoms with van der Waals surface area (Å²) in [6.07, 6.45) is -4.49. The molecule has 2 rings (SSSR count). The lowest BCUT2D eigenvalue weighted by Crippen LogP contribution is -2.08. The lowest BCUT2D eigenvalue weighted by molar-refractivity contribution is -0.137. The summed E-state index contributed by atoms with van der Waals surface area (Å²) in [5, 5.41) is 0.547. The van der Waals surface area contributed by atoms with Crippen LogP contribution in [0.25, 0.3) is 0 Å². The van der Waals surface area contributed by atoms with Crippen LogP contribution in [0.2, 0.25) is 5.02 Å². The molecule has 0 bridgehead atoms. The number of ketones is 1. The predicted octanol–water partition coefficient (Wildman–Crippen LogP) is 5.09. The molecule has 0 unspecified atom stereocenters. The standard InChI is InChI=1S/C16H12ClF3O/c1-10-7-12(5-6-14(10)17)15(21)9-11-3-2-4-13(8-11)16(18,19)20/h2-8H,9H2,1H3. The van der Waals surface area contributed by atoms with Crippen molar-refractivity contribution in [2.75, 3.05) is 0 Å². The van der Waals surface area contributed by atoms with Gasteiger partial charge in [-0.3, -0.25) is 4.79 Å². The number of hydrogen-bond acceptors (Lipinski definition) is 1. The van der Waals surface area contributed by atoms with Crippen LogP contribution >= 0.6 is 11.6 Å². The fraction of sp³-hybridized carbons (Fsp3) is 0.188. The van der Waals surface area contributed by atoms with Crippen molar-refractivity contribution in [1.82, 2.24) is 0 Å². The Hall–Kier alpha value is -1.81. The predicted molar refractivity (Wildman–Crippen MR) is 75.7 cm³/mol. The van der Waals surface area contributed by atoms with Gasteiger partial charge in [-0.15, -0.1) is 0 Å². The number of aryl methyl sites for hydroxylation is 1. The number of benzene rings is 2. The van der Waals surface area contributed by atoms with E-state index in [1.165, 1.54) is 12.1 Å². The molecule has 0 amide bonds. The second-order valence-electron chi connectivity index (χ2n) is 4.76. The van der Waals surface area contributed by atoms with E-state index in [0.29, 0.717) is 16.1 Å². The summed E-state index contributed by atoms with van der Waals surface area (Å²) in [5.41, 5.74) is 0.781. The fourth-order valence-electron chi connectivity index (χ4n) is 1.96. The molecule has 0 aliphatic rings. The van der Waals surface area contributed by atoms with Gasteiger partial charge in [-0.2, -0.15) is 13.2 Å². The summed E-state index contributed by atoms with van der Waals surface area (Å²) in [4.78, 5) is 12.1. The molecule has 5 heteroatoms. The largest absolute Gasteiger partial charge is 0.416 e. The molecule has 0 aliphatic carbocycles. The highest BCUT2D eigenvalue weighted by Crippen LogP contribution is 2.29. The Kier molecular flexibility index (Phi) is 4.37. The molecule has 0 fully saturated rings. The van der Waals surface area contributed by atoms with E-state index < -0.39 is 11.7 Å². The third-order valence-electron chi connectivity index (χ3n) is 3.10. The SMILES string of the molecule is Cc1cc(C(=O)Cc2cccc(C(F)(F)F)c2)ccc1Cl. The van der Waals surface area contributed by atoms with Crippen molar-refractivity contribution < 1.29 is 18.0 Å². The number of carbonyl (C=O) groups excluding carboxylic acids is 1. The first-order valence-electron chi connectivity index (χ1n) is 6.23. The van der Waals surface area contributed by atoms with Gasteiger partial charge in [0.05, 0.1) is 5.56 Å². The number of carbonyl (C=O) groups is 1. The molecule has 2 aromatic carbocycles.